The average Bonchev–Trinajstić information content (AvgIpc) is 2.65. The third kappa shape index (κ3) is 2.56. The number of nitrogens with zero attached hydrogens (tertiary/aromatic N) is 2. The van der Waals surface area contributed by atoms with Crippen LogP contribution in [-0.2, 0) is 13.6 Å². The first-order valence-electron chi connectivity index (χ1n) is 5.97. The number of rotatable bonds is 5. The van der Waals surface area contributed by atoms with E-state index in [4.69, 9.17) is 0 Å². The number of para-hydroxylation sites is 1. The van der Waals surface area contributed by atoms with Gasteiger partial charge >= 0.3 is 0 Å². The molecule has 3 nitrogen and oxygen atoms in total. The van der Waals surface area contributed by atoms with Gasteiger partial charge < -0.3 is 5.32 Å². The smallest absolute Gasteiger partial charge is 0.0841 e. The van der Waals surface area contributed by atoms with Crippen molar-refractivity contribution in [3.63, 3.8) is 0 Å². The van der Waals surface area contributed by atoms with Gasteiger partial charge in [-0.3, -0.25) is 4.68 Å². The summed E-state index contributed by atoms with van der Waals surface area (Å²) in [5.74, 6) is 0. The average molecular weight is 229 g/mol. The van der Waals surface area contributed by atoms with Crippen molar-refractivity contribution in [3.05, 3.63) is 42.6 Å². The number of aryl methyl sites for hydroxylation is 1. The van der Waals surface area contributed by atoms with Crippen molar-refractivity contribution in [2.75, 3.05) is 0 Å². The monoisotopic (exact) mass is 229 g/mol. The van der Waals surface area contributed by atoms with Crippen molar-refractivity contribution < 1.29 is 0 Å². The van der Waals surface area contributed by atoms with Crippen LogP contribution in [-0.4, -0.2) is 15.8 Å². The van der Waals surface area contributed by atoms with Crippen molar-refractivity contribution in [3.8, 4) is 0 Å². The van der Waals surface area contributed by atoms with E-state index in [1.54, 1.807) is 0 Å². The van der Waals surface area contributed by atoms with Gasteiger partial charge in [0.2, 0.25) is 0 Å². The maximum atomic E-state index is 4.55. The van der Waals surface area contributed by atoms with Crippen LogP contribution in [0.1, 0.15) is 19.0 Å². The topological polar surface area (TPSA) is 29.9 Å². The Hall–Kier alpha value is -1.61. The second-order valence-corrected chi connectivity index (χ2v) is 4.39. The zero-order chi connectivity index (χ0) is 12.3. The second-order valence-electron chi connectivity index (χ2n) is 4.39. The van der Waals surface area contributed by atoms with Gasteiger partial charge in [-0.15, -0.1) is 6.58 Å². The summed E-state index contributed by atoms with van der Waals surface area (Å²) in [6.45, 7) is 6.71. The SMILES string of the molecule is C=CCC(C)NCc1nn(C)c2ccccc12. The lowest BCUT2D eigenvalue weighted by molar-refractivity contribution is 0.545. The van der Waals surface area contributed by atoms with E-state index in [-0.39, 0.29) is 0 Å². The first-order valence-corrected chi connectivity index (χ1v) is 5.97. The highest BCUT2D eigenvalue weighted by Crippen LogP contribution is 2.17. The minimum Gasteiger partial charge on any atom is -0.308 e. The molecule has 3 heteroatoms. The minimum atomic E-state index is 0.438. The molecule has 0 amide bonds. The van der Waals surface area contributed by atoms with Crippen LogP contribution in [0, 0.1) is 0 Å². The van der Waals surface area contributed by atoms with Crippen LogP contribution in [0.2, 0.25) is 0 Å². The van der Waals surface area contributed by atoms with Gasteiger partial charge in [0.15, 0.2) is 0 Å². The molecule has 17 heavy (non-hydrogen) atoms. The Morgan fingerprint density at radius 2 is 2.24 bits per heavy atom. The molecule has 2 rings (SSSR count). The Bertz CT molecular complexity index is 513. The molecule has 1 aromatic heterocycles. The summed E-state index contributed by atoms with van der Waals surface area (Å²) in [6.07, 6.45) is 2.92. The summed E-state index contributed by atoms with van der Waals surface area (Å²) < 4.78 is 1.94. The van der Waals surface area contributed by atoms with Crippen molar-refractivity contribution in [1.82, 2.24) is 15.1 Å². The van der Waals surface area contributed by atoms with Gasteiger partial charge in [-0.2, -0.15) is 5.10 Å². The van der Waals surface area contributed by atoms with Crippen LogP contribution < -0.4 is 5.32 Å². The van der Waals surface area contributed by atoms with E-state index < -0.39 is 0 Å². The lowest BCUT2D eigenvalue weighted by atomic mass is 10.2. The van der Waals surface area contributed by atoms with Gasteiger partial charge in [-0.05, 0) is 19.4 Å². The molecule has 0 spiro atoms. The molecule has 0 saturated heterocycles. The first kappa shape index (κ1) is 11.9. The fraction of sp³-hybridized carbons (Fsp3) is 0.357. The molecule has 0 bridgehead atoms. The van der Waals surface area contributed by atoms with Crippen LogP contribution >= 0.6 is 0 Å². The van der Waals surface area contributed by atoms with Gasteiger partial charge in [0, 0.05) is 25.0 Å². The van der Waals surface area contributed by atoms with E-state index >= 15 is 0 Å². The van der Waals surface area contributed by atoms with E-state index in [0.29, 0.717) is 6.04 Å². The highest BCUT2D eigenvalue weighted by molar-refractivity contribution is 5.81. The lowest BCUT2D eigenvalue weighted by Crippen LogP contribution is -2.25. The summed E-state index contributed by atoms with van der Waals surface area (Å²) in [7, 11) is 1.99. The molecule has 0 aliphatic rings. The molecule has 1 unspecified atom stereocenters. The summed E-state index contributed by atoms with van der Waals surface area (Å²) in [4.78, 5) is 0. The molecule has 1 heterocycles. The molecule has 0 aliphatic carbocycles. The van der Waals surface area contributed by atoms with Crippen molar-refractivity contribution in [1.29, 1.82) is 0 Å². The van der Waals surface area contributed by atoms with E-state index in [2.05, 4.69) is 42.1 Å². The summed E-state index contributed by atoms with van der Waals surface area (Å²) >= 11 is 0. The summed E-state index contributed by atoms with van der Waals surface area (Å²) in [5.41, 5.74) is 2.29. The zero-order valence-corrected chi connectivity index (χ0v) is 10.5. The van der Waals surface area contributed by atoms with Crippen LogP contribution in [0.15, 0.2) is 36.9 Å². The number of benzene rings is 1. The van der Waals surface area contributed by atoms with E-state index in [1.165, 1.54) is 10.9 Å². The van der Waals surface area contributed by atoms with Crippen molar-refractivity contribution in [2.24, 2.45) is 7.05 Å². The Balaban J connectivity index is 2.16. The molecule has 2 aromatic rings. The predicted octanol–water partition coefficient (Wildman–Crippen LogP) is 2.63. The Morgan fingerprint density at radius 1 is 1.47 bits per heavy atom. The number of nitrogens with one attached hydrogen (secondary N) is 1. The van der Waals surface area contributed by atoms with Crippen molar-refractivity contribution in [2.45, 2.75) is 25.9 Å². The van der Waals surface area contributed by atoms with Crippen LogP contribution in [0.5, 0.6) is 0 Å². The standard InChI is InChI=1S/C14H19N3/c1-4-7-11(2)15-10-13-12-8-5-6-9-14(12)17(3)16-13/h4-6,8-9,11,15H,1,7,10H2,2-3H3. The molecule has 90 valence electrons. The third-order valence-electron chi connectivity index (χ3n) is 2.97. The maximum Gasteiger partial charge on any atom is 0.0841 e. The molecule has 0 saturated carbocycles. The Kier molecular flexibility index (Phi) is 3.59. The highest BCUT2D eigenvalue weighted by atomic mass is 15.3. The second kappa shape index (κ2) is 5.15. The Labute approximate surface area is 102 Å². The number of hydrogen-bond acceptors (Lipinski definition) is 2. The summed E-state index contributed by atoms with van der Waals surface area (Å²) in [6, 6.07) is 8.76. The molecular weight excluding hydrogens is 210 g/mol. The maximum absolute atomic E-state index is 4.55. The van der Waals surface area contributed by atoms with Crippen LogP contribution in [0.3, 0.4) is 0 Å². The molecule has 0 fully saturated rings. The number of fused-ring (bicyclic) bond motifs is 1. The number of hydrogen-bond donors (Lipinski definition) is 1. The lowest BCUT2D eigenvalue weighted by Gasteiger charge is -2.09. The highest BCUT2D eigenvalue weighted by Gasteiger charge is 2.08. The quantitative estimate of drug-likeness (QED) is 0.799. The third-order valence-corrected chi connectivity index (χ3v) is 2.97. The summed E-state index contributed by atoms with van der Waals surface area (Å²) in [5, 5.41) is 9.24. The Morgan fingerprint density at radius 3 is 3.00 bits per heavy atom. The van der Waals surface area contributed by atoms with Gasteiger partial charge in [-0.1, -0.05) is 24.3 Å². The zero-order valence-electron chi connectivity index (χ0n) is 10.5. The first-order chi connectivity index (χ1) is 8.22. The van der Waals surface area contributed by atoms with Gasteiger partial charge in [0.1, 0.15) is 0 Å². The molecule has 0 aliphatic heterocycles. The molecule has 1 atom stereocenters. The number of aromatic nitrogens is 2. The van der Waals surface area contributed by atoms with Crippen LogP contribution in [0.4, 0.5) is 0 Å². The molecular formula is C14H19N3. The largest absolute Gasteiger partial charge is 0.308 e. The van der Waals surface area contributed by atoms with Crippen molar-refractivity contribution >= 4 is 10.9 Å². The minimum absolute atomic E-state index is 0.438. The van der Waals surface area contributed by atoms with E-state index in [1.807, 2.05) is 23.9 Å². The molecule has 1 N–H and O–H groups in total. The normalized spacial score (nSPS) is 12.8. The molecule has 0 radical (unpaired) electrons. The van der Waals surface area contributed by atoms with E-state index in [0.717, 1.165) is 18.7 Å². The van der Waals surface area contributed by atoms with Gasteiger partial charge in [-0.25, -0.2) is 0 Å². The van der Waals surface area contributed by atoms with Crippen LogP contribution in [0.25, 0.3) is 10.9 Å². The predicted molar refractivity (Wildman–Crippen MR) is 71.8 cm³/mol. The fourth-order valence-electron chi connectivity index (χ4n) is 2.02. The van der Waals surface area contributed by atoms with Gasteiger partial charge in [0.05, 0.1) is 11.2 Å². The van der Waals surface area contributed by atoms with E-state index in [9.17, 15) is 0 Å². The molecule has 1 aromatic carbocycles. The van der Waals surface area contributed by atoms with Gasteiger partial charge in [0.25, 0.3) is 0 Å². The fourth-order valence-corrected chi connectivity index (χ4v) is 2.02.